The van der Waals surface area contributed by atoms with E-state index < -0.39 is 10.0 Å². The van der Waals surface area contributed by atoms with Crippen LogP contribution in [0.3, 0.4) is 0 Å². The van der Waals surface area contributed by atoms with E-state index in [9.17, 15) is 8.42 Å². The molecule has 2 bridgehead atoms. The van der Waals surface area contributed by atoms with Gasteiger partial charge in [-0.2, -0.15) is 4.31 Å². The second-order valence-corrected chi connectivity index (χ2v) is 7.57. The number of fused-ring (bicyclic) bond motifs is 3. The summed E-state index contributed by atoms with van der Waals surface area (Å²) in [7, 11) is -1.35. The van der Waals surface area contributed by atoms with E-state index in [2.05, 4.69) is 4.90 Å². The van der Waals surface area contributed by atoms with Gasteiger partial charge < -0.3 is 4.74 Å². The van der Waals surface area contributed by atoms with E-state index in [1.54, 1.807) is 28.6 Å². The van der Waals surface area contributed by atoms with Gasteiger partial charge in [-0.3, -0.25) is 4.90 Å². The third-order valence-corrected chi connectivity index (χ3v) is 5.94. The summed E-state index contributed by atoms with van der Waals surface area (Å²) < 4.78 is 32.8. The number of ether oxygens (including phenoxy) is 1. The molecule has 0 aliphatic carbocycles. The van der Waals surface area contributed by atoms with E-state index in [1.165, 1.54) is 0 Å². The van der Waals surface area contributed by atoms with Crippen LogP contribution in [0.15, 0.2) is 35.2 Å². The van der Waals surface area contributed by atoms with E-state index in [-0.39, 0.29) is 12.0 Å². The summed E-state index contributed by atoms with van der Waals surface area (Å²) in [6, 6.07) is 8.83. The molecule has 0 amide bonds. The summed E-state index contributed by atoms with van der Waals surface area (Å²) in [5, 5.41) is 0. The fraction of sp³-hybridized carbons (Fsp3) is 0.571. The first-order valence-electron chi connectivity index (χ1n) is 6.90. The van der Waals surface area contributed by atoms with E-state index in [0.717, 1.165) is 6.54 Å². The SMILES string of the molecule is CN1C[C@H]2COC[C@@H]1CN(S(=O)(=O)c1ccccc1)C2. The lowest BCUT2D eigenvalue weighted by molar-refractivity contribution is 0.0727. The van der Waals surface area contributed by atoms with Gasteiger partial charge in [-0.05, 0) is 19.2 Å². The average Bonchev–Trinajstić information content (AvgIpc) is 2.68. The summed E-state index contributed by atoms with van der Waals surface area (Å²) in [6.07, 6.45) is 0. The number of hydrogen-bond donors (Lipinski definition) is 0. The highest BCUT2D eigenvalue weighted by atomic mass is 32.2. The van der Waals surface area contributed by atoms with Crippen LogP contribution in [0.4, 0.5) is 0 Å². The molecule has 5 nitrogen and oxygen atoms in total. The van der Waals surface area contributed by atoms with Crippen LogP contribution in [0.1, 0.15) is 0 Å². The van der Waals surface area contributed by atoms with Gasteiger partial charge >= 0.3 is 0 Å². The standard InChI is InChI=1S/C14H20N2O3S/c1-15-7-12-8-16(9-13(15)11-19-10-12)20(17,18)14-5-3-2-4-6-14/h2-6,12-13H,7-11H2,1H3/t12-,13+/m1/s1. The van der Waals surface area contributed by atoms with Crippen molar-refractivity contribution in [2.75, 3.05) is 39.9 Å². The number of likely N-dealkylation sites (N-methyl/N-ethyl adjacent to an activating group) is 1. The van der Waals surface area contributed by atoms with Crippen LogP contribution >= 0.6 is 0 Å². The van der Waals surface area contributed by atoms with Crippen LogP contribution in [0.2, 0.25) is 0 Å². The number of nitrogens with zero attached hydrogens (tertiary/aromatic N) is 2. The second kappa shape index (κ2) is 5.44. The predicted molar refractivity (Wildman–Crippen MR) is 75.9 cm³/mol. The van der Waals surface area contributed by atoms with Gasteiger partial charge in [0.25, 0.3) is 0 Å². The molecule has 6 heteroatoms. The van der Waals surface area contributed by atoms with Gasteiger partial charge in [0.1, 0.15) is 0 Å². The maximum absolute atomic E-state index is 12.7. The van der Waals surface area contributed by atoms with Crippen molar-refractivity contribution in [2.45, 2.75) is 10.9 Å². The lowest BCUT2D eigenvalue weighted by Crippen LogP contribution is -2.44. The minimum atomic E-state index is -3.40. The molecule has 2 aliphatic heterocycles. The van der Waals surface area contributed by atoms with Crippen molar-refractivity contribution in [3.8, 4) is 0 Å². The molecule has 2 aliphatic rings. The number of benzene rings is 1. The predicted octanol–water partition coefficient (Wildman–Crippen LogP) is 0.638. The van der Waals surface area contributed by atoms with Gasteiger partial charge in [0.15, 0.2) is 0 Å². The van der Waals surface area contributed by atoms with E-state index in [1.807, 2.05) is 13.1 Å². The Bertz CT molecular complexity index is 561. The minimum Gasteiger partial charge on any atom is -0.379 e. The summed E-state index contributed by atoms with van der Waals surface area (Å²) in [5.74, 6) is 0.242. The van der Waals surface area contributed by atoms with Gasteiger partial charge in [0.2, 0.25) is 10.0 Å². The lowest BCUT2D eigenvalue weighted by Gasteiger charge is -2.29. The molecule has 0 aromatic heterocycles. The quantitative estimate of drug-likeness (QED) is 0.803. The molecule has 2 fully saturated rings. The molecule has 110 valence electrons. The molecule has 0 saturated carbocycles. The Hall–Kier alpha value is -0.950. The summed E-state index contributed by atoms with van der Waals surface area (Å²) in [4.78, 5) is 2.60. The van der Waals surface area contributed by atoms with E-state index in [0.29, 0.717) is 31.2 Å². The Balaban J connectivity index is 1.91. The van der Waals surface area contributed by atoms with Crippen molar-refractivity contribution in [1.29, 1.82) is 0 Å². The minimum absolute atomic E-state index is 0.140. The van der Waals surface area contributed by atoms with E-state index in [4.69, 9.17) is 4.74 Å². The first-order valence-corrected chi connectivity index (χ1v) is 8.34. The van der Waals surface area contributed by atoms with Gasteiger partial charge in [-0.15, -0.1) is 0 Å². The first kappa shape index (κ1) is 14.0. The zero-order valence-corrected chi connectivity index (χ0v) is 12.4. The van der Waals surface area contributed by atoms with Crippen molar-refractivity contribution >= 4 is 10.0 Å². The monoisotopic (exact) mass is 296 g/mol. The largest absolute Gasteiger partial charge is 0.379 e. The van der Waals surface area contributed by atoms with Crippen molar-refractivity contribution in [3.05, 3.63) is 30.3 Å². The van der Waals surface area contributed by atoms with Gasteiger partial charge in [0.05, 0.1) is 18.1 Å². The number of rotatable bonds is 2. The third kappa shape index (κ3) is 2.61. The zero-order chi connectivity index (χ0) is 14.2. The number of hydrogen-bond acceptors (Lipinski definition) is 4. The highest BCUT2D eigenvalue weighted by Gasteiger charge is 2.36. The molecule has 2 heterocycles. The lowest BCUT2D eigenvalue weighted by atomic mass is 10.1. The Morgan fingerprint density at radius 2 is 1.85 bits per heavy atom. The highest BCUT2D eigenvalue weighted by Crippen LogP contribution is 2.24. The van der Waals surface area contributed by atoms with Gasteiger partial charge in [-0.25, -0.2) is 8.42 Å². The molecule has 2 saturated heterocycles. The normalized spacial score (nSPS) is 29.1. The second-order valence-electron chi connectivity index (χ2n) is 5.63. The average molecular weight is 296 g/mol. The first-order chi connectivity index (χ1) is 9.57. The Kier molecular flexibility index (Phi) is 3.81. The molecular weight excluding hydrogens is 276 g/mol. The Labute approximate surface area is 120 Å². The van der Waals surface area contributed by atoms with Gasteiger partial charge in [-0.1, -0.05) is 18.2 Å². The fourth-order valence-electron chi connectivity index (χ4n) is 2.94. The van der Waals surface area contributed by atoms with Crippen LogP contribution in [-0.4, -0.2) is 63.6 Å². The molecule has 1 aromatic carbocycles. The molecule has 0 unspecified atom stereocenters. The van der Waals surface area contributed by atoms with Crippen LogP contribution in [0.5, 0.6) is 0 Å². The highest BCUT2D eigenvalue weighted by molar-refractivity contribution is 7.89. The number of sulfonamides is 1. The topological polar surface area (TPSA) is 49.9 Å². The summed E-state index contributed by atoms with van der Waals surface area (Å²) in [5.41, 5.74) is 0. The maximum atomic E-state index is 12.7. The van der Waals surface area contributed by atoms with Crippen LogP contribution < -0.4 is 0 Å². The summed E-state index contributed by atoms with van der Waals surface area (Å²) >= 11 is 0. The molecule has 0 N–H and O–H groups in total. The molecule has 1 aromatic rings. The molecule has 0 spiro atoms. The van der Waals surface area contributed by atoms with Crippen LogP contribution in [-0.2, 0) is 14.8 Å². The van der Waals surface area contributed by atoms with Crippen molar-refractivity contribution in [3.63, 3.8) is 0 Å². The van der Waals surface area contributed by atoms with Crippen LogP contribution in [0.25, 0.3) is 0 Å². The molecule has 2 atom stereocenters. The molecule has 3 rings (SSSR count). The molecular formula is C14H20N2O3S. The fourth-order valence-corrected chi connectivity index (χ4v) is 4.52. The Morgan fingerprint density at radius 3 is 2.60 bits per heavy atom. The van der Waals surface area contributed by atoms with Gasteiger partial charge in [0, 0.05) is 31.6 Å². The van der Waals surface area contributed by atoms with Crippen LogP contribution in [0, 0.1) is 5.92 Å². The van der Waals surface area contributed by atoms with E-state index >= 15 is 0 Å². The van der Waals surface area contributed by atoms with Crippen molar-refractivity contribution in [1.82, 2.24) is 9.21 Å². The third-order valence-electron chi connectivity index (χ3n) is 4.09. The smallest absolute Gasteiger partial charge is 0.243 e. The molecule has 20 heavy (non-hydrogen) atoms. The Morgan fingerprint density at radius 1 is 1.10 bits per heavy atom. The zero-order valence-electron chi connectivity index (χ0n) is 11.6. The molecule has 0 radical (unpaired) electrons. The van der Waals surface area contributed by atoms with Crippen molar-refractivity contribution in [2.24, 2.45) is 5.92 Å². The maximum Gasteiger partial charge on any atom is 0.243 e. The van der Waals surface area contributed by atoms with Crippen molar-refractivity contribution < 1.29 is 13.2 Å². The summed E-state index contributed by atoms with van der Waals surface area (Å²) in [6.45, 7) is 3.18.